The first-order chi connectivity index (χ1) is 19.5. The maximum absolute atomic E-state index is 6.01. The van der Waals surface area contributed by atoms with Crippen LogP contribution < -0.4 is 0 Å². The minimum atomic E-state index is 0.166. The fourth-order valence-corrected chi connectivity index (χ4v) is 12.5. The van der Waals surface area contributed by atoms with Crippen molar-refractivity contribution in [2.75, 3.05) is 0 Å². The summed E-state index contributed by atoms with van der Waals surface area (Å²) in [4.78, 5) is 0. The van der Waals surface area contributed by atoms with E-state index in [0.717, 1.165) is 57.8 Å². The molecule has 2 aromatic rings. The van der Waals surface area contributed by atoms with Crippen LogP contribution in [0.5, 0.6) is 0 Å². The zero-order valence-electron chi connectivity index (χ0n) is 23.5. The van der Waals surface area contributed by atoms with Crippen molar-refractivity contribution in [1.82, 2.24) is 0 Å². The van der Waals surface area contributed by atoms with Crippen molar-refractivity contribution in [2.24, 2.45) is 47.3 Å². The van der Waals surface area contributed by atoms with Gasteiger partial charge in [0.15, 0.2) is 0 Å². The fourth-order valence-electron chi connectivity index (χ4n) is 12.5. The highest BCUT2D eigenvalue weighted by Crippen LogP contribution is 2.73. The van der Waals surface area contributed by atoms with Crippen molar-refractivity contribution in [3.8, 4) is 49.4 Å². The van der Waals surface area contributed by atoms with Crippen LogP contribution in [0.3, 0.4) is 0 Å². The summed E-state index contributed by atoms with van der Waals surface area (Å²) in [5, 5.41) is 0. The molecule has 0 N–H and O–H groups in total. The molecule has 0 nitrogen and oxygen atoms in total. The van der Waals surface area contributed by atoms with Gasteiger partial charge in [0.2, 0.25) is 0 Å². The van der Waals surface area contributed by atoms with E-state index in [1.54, 1.807) is 0 Å². The van der Waals surface area contributed by atoms with Gasteiger partial charge < -0.3 is 0 Å². The molecule has 0 heterocycles. The molecule has 198 valence electrons. The van der Waals surface area contributed by atoms with E-state index in [4.69, 9.17) is 25.7 Å². The Bertz CT molecular complexity index is 1360. The SMILES string of the molecule is C#Cc1cc(C#C)cc(C23CC4CC(CC(C4)C2C2C4CC5CC(C4)CC2(c2cc(C#C)cc(C#C)c2)C5)C3)c1. The smallest absolute Gasteiger partial charge is 0.0257 e. The number of hydrogen-bond donors (Lipinski definition) is 0. The summed E-state index contributed by atoms with van der Waals surface area (Å²) >= 11 is 0. The molecule has 8 aliphatic carbocycles. The Morgan fingerprint density at radius 1 is 0.450 bits per heavy atom. The Balaban J connectivity index is 1.35. The lowest BCUT2D eigenvalue weighted by molar-refractivity contribution is -0.163. The van der Waals surface area contributed by atoms with Crippen LogP contribution in [0, 0.1) is 96.7 Å². The van der Waals surface area contributed by atoms with Crippen molar-refractivity contribution in [3.63, 3.8) is 0 Å². The third-order valence-corrected chi connectivity index (χ3v) is 12.9. The molecule has 6 atom stereocenters. The monoisotopic (exact) mass is 518 g/mol. The van der Waals surface area contributed by atoms with Gasteiger partial charge in [-0.1, -0.05) is 23.7 Å². The molecule has 40 heavy (non-hydrogen) atoms. The van der Waals surface area contributed by atoms with Crippen LogP contribution in [0.2, 0.25) is 0 Å². The number of hydrogen-bond acceptors (Lipinski definition) is 0. The summed E-state index contributed by atoms with van der Waals surface area (Å²) in [5.41, 5.74) is 7.01. The van der Waals surface area contributed by atoms with Gasteiger partial charge in [0, 0.05) is 22.3 Å². The van der Waals surface area contributed by atoms with E-state index >= 15 is 0 Å². The second-order valence-corrected chi connectivity index (χ2v) is 14.8. The van der Waals surface area contributed by atoms with Gasteiger partial charge >= 0.3 is 0 Å². The van der Waals surface area contributed by atoms with Gasteiger partial charge in [0.05, 0.1) is 0 Å². The summed E-state index contributed by atoms with van der Waals surface area (Å²) in [5.74, 6) is 18.0. The van der Waals surface area contributed by atoms with E-state index in [1.807, 2.05) is 12.1 Å². The number of terminal acetylenes is 4. The first-order valence-electron chi connectivity index (χ1n) is 15.6. The van der Waals surface area contributed by atoms with E-state index in [0.29, 0.717) is 11.8 Å². The molecule has 10 rings (SSSR count). The van der Waals surface area contributed by atoms with Gasteiger partial charge in [-0.15, -0.1) is 25.7 Å². The standard InChI is InChI=1S/C40H38/c1-5-25-9-26(6-2)18-35(17-25)39-21-29-11-30(22-39)14-33(13-29)37(39)38-34-15-31-12-32(16-34)24-40(38,23-31)36-19-27(7-3)10-28(8-4)20-36/h1-4,9-10,17-20,29-34,37-38H,11-16,21-24H2. The average Bonchev–Trinajstić information content (AvgIpc) is 2.96. The molecule has 0 aromatic heterocycles. The quantitative estimate of drug-likeness (QED) is 0.365. The highest BCUT2D eigenvalue weighted by Gasteiger charge is 2.67. The highest BCUT2D eigenvalue weighted by atomic mass is 14.7. The molecule has 6 unspecified atom stereocenters. The van der Waals surface area contributed by atoms with Crippen molar-refractivity contribution >= 4 is 0 Å². The third kappa shape index (κ3) is 3.33. The van der Waals surface area contributed by atoms with Gasteiger partial charge in [-0.25, -0.2) is 0 Å². The van der Waals surface area contributed by atoms with E-state index in [9.17, 15) is 0 Å². The minimum absolute atomic E-state index is 0.166. The molecule has 0 heteroatoms. The summed E-state index contributed by atoms with van der Waals surface area (Å²) in [7, 11) is 0. The molecule has 2 aromatic carbocycles. The molecule has 0 spiro atoms. The Morgan fingerprint density at radius 3 is 1.02 bits per heavy atom. The molecule has 0 amide bonds. The van der Waals surface area contributed by atoms with Gasteiger partial charge in [-0.3, -0.25) is 0 Å². The van der Waals surface area contributed by atoms with Crippen LogP contribution in [0.25, 0.3) is 0 Å². The minimum Gasteiger partial charge on any atom is -0.115 e. The lowest BCUT2D eigenvalue weighted by Crippen LogP contribution is -2.65. The molecular formula is C40H38. The Kier molecular flexibility index (Phi) is 5.26. The van der Waals surface area contributed by atoms with Gasteiger partial charge in [0.1, 0.15) is 0 Å². The summed E-state index contributed by atoms with van der Waals surface area (Å²) < 4.78 is 0. The molecule has 8 bridgehead atoms. The second kappa shape index (κ2) is 8.59. The Hall–Kier alpha value is -3.32. The van der Waals surface area contributed by atoms with Crippen molar-refractivity contribution in [1.29, 1.82) is 0 Å². The second-order valence-electron chi connectivity index (χ2n) is 14.8. The summed E-state index contributed by atoms with van der Waals surface area (Å²) in [6, 6.07) is 13.4. The Labute approximate surface area is 241 Å². The Morgan fingerprint density at radius 2 is 0.750 bits per heavy atom. The molecule has 8 aliphatic rings. The van der Waals surface area contributed by atoms with Crippen LogP contribution in [0.1, 0.15) is 97.6 Å². The topological polar surface area (TPSA) is 0 Å². The molecule has 0 saturated heterocycles. The van der Waals surface area contributed by atoms with E-state index < -0.39 is 0 Å². The van der Waals surface area contributed by atoms with Crippen molar-refractivity contribution in [3.05, 3.63) is 69.8 Å². The molecule has 0 aliphatic heterocycles. The first kappa shape index (κ1) is 24.5. The maximum atomic E-state index is 6.01. The maximum Gasteiger partial charge on any atom is 0.0257 e. The highest BCUT2D eigenvalue weighted by molar-refractivity contribution is 5.51. The molecular weight excluding hydrogens is 480 g/mol. The lowest BCUT2D eigenvalue weighted by Gasteiger charge is -2.71. The fraction of sp³-hybridized carbons (Fsp3) is 0.500. The summed E-state index contributed by atoms with van der Waals surface area (Å²) in [6.45, 7) is 0. The van der Waals surface area contributed by atoms with Crippen LogP contribution in [-0.2, 0) is 10.8 Å². The predicted molar refractivity (Wildman–Crippen MR) is 162 cm³/mol. The average molecular weight is 519 g/mol. The van der Waals surface area contributed by atoms with E-state index in [-0.39, 0.29) is 10.8 Å². The predicted octanol–water partition coefficient (Wildman–Crippen LogP) is 7.70. The number of rotatable bonds is 3. The number of benzene rings is 2. The van der Waals surface area contributed by atoms with Crippen LogP contribution in [0.15, 0.2) is 36.4 Å². The van der Waals surface area contributed by atoms with Crippen molar-refractivity contribution in [2.45, 2.75) is 75.0 Å². The molecule has 0 radical (unpaired) electrons. The van der Waals surface area contributed by atoms with Crippen LogP contribution >= 0.6 is 0 Å². The third-order valence-electron chi connectivity index (χ3n) is 12.9. The zero-order valence-corrected chi connectivity index (χ0v) is 23.5. The van der Waals surface area contributed by atoms with Crippen LogP contribution in [0.4, 0.5) is 0 Å². The number of fused-ring (bicyclic) bond motifs is 1. The van der Waals surface area contributed by atoms with Gasteiger partial charge in [-0.05, 0) is 170 Å². The zero-order chi connectivity index (χ0) is 27.2. The normalized spacial score (nSPS) is 41.6. The van der Waals surface area contributed by atoms with Crippen LogP contribution in [-0.4, -0.2) is 0 Å². The lowest BCUT2D eigenvalue weighted by atomic mass is 9.33. The van der Waals surface area contributed by atoms with Crippen molar-refractivity contribution < 1.29 is 0 Å². The van der Waals surface area contributed by atoms with E-state index in [1.165, 1.54) is 75.3 Å². The van der Waals surface area contributed by atoms with E-state index in [2.05, 4.69) is 47.9 Å². The van der Waals surface area contributed by atoms with Gasteiger partial charge in [-0.2, -0.15) is 0 Å². The molecule has 8 saturated carbocycles. The molecule has 8 fully saturated rings. The first-order valence-corrected chi connectivity index (χ1v) is 15.6. The van der Waals surface area contributed by atoms with Gasteiger partial charge in [0.25, 0.3) is 0 Å². The largest absolute Gasteiger partial charge is 0.115 e. The summed E-state index contributed by atoms with van der Waals surface area (Å²) in [6.07, 6.45) is 37.7.